The van der Waals surface area contributed by atoms with E-state index in [9.17, 15) is 14.9 Å². The number of aromatic nitrogens is 3. The fraction of sp³-hybridized carbons (Fsp3) is 0.174. The van der Waals surface area contributed by atoms with Crippen LogP contribution in [0, 0.1) is 17.0 Å². The molecular formula is C23H21N5O4S. The molecule has 0 saturated carbocycles. The van der Waals surface area contributed by atoms with Crippen LogP contribution < -0.4 is 4.74 Å². The first-order valence-corrected chi connectivity index (χ1v) is 11.0. The Kier molecular flexibility index (Phi) is 6.45. The van der Waals surface area contributed by atoms with Gasteiger partial charge in [-0.1, -0.05) is 35.5 Å². The van der Waals surface area contributed by atoms with Crippen LogP contribution in [0.2, 0.25) is 0 Å². The number of nitrogens with zero attached hydrogens (tertiary/aromatic N) is 5. The molecule has 2 heterocycles. The Morgan fingerprint density at radius 1 is 1.15 bits per heavy atom. The summed E-state index contributed by atoms with van der Waals surface area (Å²) in [5.74, 6) is 0.405. The summed E-state index contributed by atoms with van der Waals surface area (Å²) < 4.78 is 6.90. The molecule has 0 unspecified atom stereocenters. The highest BCUT2D eigenvalue weighted by atomic mass is 32.1. The fourth-order valence-corrected chi connectivity index (χ4v) is 4.21. The molecule has 0 fully saturated rings. The number of amides is 1. The highest BCUT2D eigenvalue weighted by Crippen LogP contribution is 2.24. The van der Waals surface area contributed by atoms with E-state index in [2.05, 4.69) is 10.3 Å². The van der Waals surface area contributed by atoms with Crippen LogP contribution in [0.4, 0.5) is 5.69 Å². The number of para-hydroxylation sites is 1. The molecule has 2 aromatic carbocycles. The zero-order valence-electron chi connectivity index (χ0n) is 18.0. The number of ether oxygens (including phenoxy) is 1. The van der Waals surface area contributed by atoms with Crippen molar-refractivity contribution in [2.24, 2.45) is 0 Å². The molecule has 0 atom stereocenters. The van der Waals surface area contributed by atoms with Gasteiger partial charge in [-0.05, 0) is 30.5 Å². The standard InChI is InChI=1S/C23H21N5O4S/c1-16-22(24-25-27(16)18-8-5-9-19(13-18)28(30)31)23(29)26(15-20-10-6-12-33-20)14-17-7-3-4-11-21(17)32-2/h3-13H,14-15H2,1-2H3. The Labute approximate surface area is 194 Å². The van der Waals surface area contributed by atoms with Crippen molar-refractivity contribution in [2.75, 3.05) is 7.11 Å². The topological polar surface area (TPSA) is 103 Å². The van der Waals surface area contributed by atoms with E-state index in [0.29, 0.717) is 30.2 Å². The lowest BCUT2D eigenvalue weighted by atomic mass is 10.1. The molecule has 1 amide bonds. The molecule has 10 heteroatoms. The molecule has 0 spiro atoms. The molecule has 4 rings (SSSR count). The first-order chi connectivity index (χ1) is 16.0. The molecule has 0 saturated heterocycles. The molecule has 0 aliphatic carbocycles. The quantitative estimate of drug-likeness (QED) is 0.283. The first-order valence-electron chi connectivity index (χ1n) is 10.1. The number of thiophene rings is 1. The second-order valence-electron chi connectivity index (χ2n) is 7.26. The van der Waals surface area contributed by atoms with Crippen molar-refractivity contribution in [3.05, 3.63) is 98.0 Å². The average molecular weight is 464 g/mol. The van der Waals surface area contributed by atoms with Crippen LogP contribution in [0.15, 0.2) is 66.0 Å². The van der Waals surface area contributed by atoms with Gasteiger partial charge in [0.25, 0.3) is 11.6 Å². The average Bonchev–Trinajstić information content (AvgIpc) is 3.48. The molecule has 0 radical (unpaired) electrons. The van der Waals surface area contributed by atoms with Crippen molar-refractivity contribution in [2.45, 2.75) is 20.0 Å². The van der Waals surface area contributed by atoms with Crippen LogP contribution in [0.5, 0.6) is 5.75 Å². The van der Waals surface area contributed by atoms with Crippen LogP contribution in [-0.4, -0.2) is 37.8 Å². The molecule has 0 aliphatic rings. The number of rotatable bonds is 8. The minimum Gasteiger partial charge on any atom is -0.496 e. The predicted octanol–water partition coefficient (Wildman–Crippen LogP) is 4.40. The minimum atomic E-state index is -0.474. The van der Waals surface area contributed by atoms with Crippen LogP contribution >= 0.6 is 11.3 Å². The number of benzene rings is 2. The summed E-state index contributed by atoms with van der Waals surface area (Å²) in [7, 11) is 1.60. The molecule has 0 aliphatic heterocycles. The van der Waals surface area contributed by atoms with Crippen LogP contribution in [0.1, 0.15) is 26.6 Å². The van der Waals surface area contributed by atoms with Crippen LogP contribution in [0.3, 0.4) is 0 Å². The molecule has 168 valence electrons. The SMILES string of the molecule is COc1ccccc1CN(Cc1cccs1)C(=O)c1nnn(-c2cccc([N+](=O)[O-])c2)c1C. The van der Waals surface area contributed by atoms with Crippen molar-refractivity contribution in [1.29, 1.82) is 0 Å². The lowest BCUT2D eigenvalue weighted by Gasteiger charge is -2.22. The molecule has 0 bridgehead atoms. The largest absolute Gasteiger partial charge is 0.496 e. The summed E-state index contributed by atoms with van der Waals surface area (Å²) in [4.78, 5) is 27.0. The van der Waals surface area contributed by atoms with E-state index in [0.717, 1.165) is 10.4 Å². The number of methoxy groups -OCH3 is 1. The summed E-state index contributed by atoms with van der Waals surface area (Å²) in [6.07, 6.45) is 0. The lowest BCUT2D eigenvalue weighted by molar-refractivity contribution is -0.384. The third-order valence-electron chi connectivity index (χ3n) is 5.15. The number of nitro groups is 1. The predicted molar refractivity (Wildman–Crippen MR) is 124 cm³/mol. The van der Waals surface area contributed by atoms with Gasteiger partial charge in [0.15, 0.2) is 5.69 Å². The van der Waals surface area contributed by atoms with Crippen molar-refractivity contribution >= 4 is 22.9 Å². The van der Waals surface area contributed by atoms with Gasteiger partial charge in [0.05, 0.1) is 36.5 Å². The summed E-state index contributed by atoms with van der Waals surface area (Å²) in [5, 5.41) is 21.3. The zero-order chi connectivity index (χ0) is 23.4. The summed E-state index contributed by atoms with van der Waals surface area (Å²) in [6.45, 7) is 2.44. The number of carbonyl (C=O) groups excluding carboxylic acids is 1. The number of hydrogen-bond donors (Lipinski definition) is 0. The van der Waals surface area contributed by atoms with E-state index < -0.39 is 4.92 Å². The van der Waals surface area contributed by atoms with Crippen molar-refractivity contribution in [1.82, 2.24) is 19.9 Å². The number of non-ortho nitro benzene ring substituents is 1. The number of hydrogen-bond acceptors (Lipinski definition) is 7. The minimum absolute atomic E-state index is 0.0641. The lowest BCUT2D eigenvalue weighted by Crippen LogP contribution is -2.31. The maximum absolute atomic E-state index is 13.6. The monoisotopic (exact) mass is 463 g/mol. The Morgan fingerprint density at radius 3 is 2.70 bits per heavy atom. The van der Waals surface area contributed by atoms with E-state index in [1.165, 1.54) is 16.8 Å². The van der Waals surface area contributed by atoms with Gasteiger partial charge in [-0.3, -0.25) is 14.9 Å². The second kappa shape index (κ2) is 9.61. The maximum Gasteiger partial charge on any atom is 0.276 e. The highest BCUT2D eigenvalue weighted by molar-refractivity contribution is 7.09. The normalized spacial score (nSPS) is 10.7. The number of nitro benzene ring substituents is 1. The molecule has 0 N–H and O–H groups in total. The van der Waals surface area contributed by atoms with Crippen molar-refractivity contribution in [3.63, 3.8) is 0 Å². The van der Waals surface area contributed by atoms with E-state index in [1.54, 1.807) is 42.4 Å². The van der Waals surface area contributed by atoms with Crippen molar-refractivity contribution < 1.29 is 14.5 Å². The van der Waals surface area contributed by atoms with E-state index in [1.807, 2.05) is 41.8 Å². The van der Waals surface area contributed by atoms with E-state index in [4.69, 9.17) is 4.74 Å². The highest BCUT2D eigenvalue weighted by Gasteiger charge is 2.25. The Morgan fingerprint density at radius 2 is 1.97 bits per heavy atom. The zero-order valence-corrected chi connectivity index (χ0v) is 18.9. The van der Waals surface area contributed by atoms with Gasteiger partial charge in [0, 0.05) is 22.6 Å². The van der Waals surface area contributed by atoms with Gasteiger partial charge in [0.1, 0.15) is 5.75 Å². The molecule has 2 aromatic heterocycles. The maximum atomic E-state index is 13.6. The fourth-order valence-electron chi connectivity index (χ4n) is 3.49. The Balaban J connectivity index is 1.68. The van der Waals surface area contributed by atoms with Gasteiger partial charge in [-0.15, -0.1) is 16.4 Å². The molecule has 9 nitrogen and oxygen atoms in total. The number of carbonyl (C=O) groups is 1. The van der Waals surface area contributed by atoms with Gasteiger partial charge >= 0.3 is 0 Å². The summed E-state index contributed by atoms with van der Waals surface area (Å²) in [5.41, 5.74) is 1.95. The van der Waals surface area contributed by atoms with Gasteiger partial charge in [-0.25, -0.2) is 4.68 Å². The Bertz CT molecular complexity index is 1290. The molecular weight excluding hydrogens is 442 g/mol. The van der Waals surface area contributed by atoms with E-state index in [-0.39, 0.29) is 17.3 Å². The van der Waals surface area contributed by atoms with Crippen molar-refractivity contribution in [3.8, 4) is 11.4 Å². The van der Waals surface area contributed by atoms with Gasteiger partial charge in [-0.2, -0.15) is 0 Å². The summed E-state index contributed by atoms with van der Waals surface area (Å²) in [6, 6.07) is 17.5. The van der Waals surface area contributed by atoms with Crippen LogP contribution in [-0.2, 0) is 13.1 Å². The third kappa shape index (κ3) is 4.75. The molecule has 33 heavy (non-hydrogen) atoms. The smallest absolute Gasteiger partial charge is 0.276 e. The molecule has 4 aromatic rings. The van der Waals surface area contributed by atoms with Gasteiger partial charge < -0.3 is 9.64 Å². The summed E-state index contributed by atoms with van der Waals surface area (Å²) >= 11 is 1.56. The Hall–Kier alpha value is -4.05. The second-order valence-corrected chi connectivity index (χ2v) is 8.30. The third-order valence-corrected chi connectivity index (χ3v) is 6.01. The van der Waals surface area contributed by atoms with Gasteiger partial charge in [0.2, 0.25) is 0 Å². The van der Waals surface area contributed by atoms with E-state index >= 15 is 0 Å². The first kappa shape index (κ1) is 22.2. The van der Waals surface area contributed by atoms with Crippen LogP contribution in [0.25, 0.3) is 5.69 Å².